The summed E-state index contributed by atoms with van der Waals surface area (Å²) < 4.78 is 5.56. The van der Waals surface area contributed by atoms with Crippen molar-refractivity contribution in [3.63, 3.8) is 0 Å². The summed E-state index contributed by atoms with van der Waals surface area (Å²) in [6.45, 7) is 12.0. The van der Waals surface area contributed by atoms with Crippen molar-refractivity contribution in [3.05, 3.63) is 0 Å². The van der Waals surface area contributed by atoms with Crippen LogP contribution in [0.15, 0.2) is 0 Å². The van der Waals surface area contributed by atoms with Crippen LogP contribution in [0.3, 0.4) is 0 Å². The molecule has 0 radical (unpaired) electrons. The lowest BCUT2D eigenvalue weighted by atomic mass is 9.86. The van der Waals surface area contributed by atoms with Crippen molar-refractivity contribution in [2.45, 2.75) is 70.9 Å². The molecule has 150 valence electrons. The molecular weight excluding hydrogens is 326 g/mol. The van der Waals surface area contributed by atoms with Gasteiger partial charge in [0.25, 0.3) is 0 Å². The number of nitrogens with one attached hydrogen (secondary N) is 1. The molecule has 0 spiro atoms. The largest absolute Gasteiger partial charge is 0.379 e. The molecule has 2 atom stereocenters. The summed E-state index contributed by atoms with van der Waals surface area (Å²) >= 11 is 0. The van der Waals surface area contributed by atoms with E-state index in [1.165, 1.54) is 45.2 Å². The number of nitrogens with zero attached hydrogens (tertiary/aromatic N) is 2. The number of piperidine rings is 1. The second-order valence-electron chi connectivity index (χ2n) is 9.01. The van der Waals surface area contributed by atoms with Gasteiger partial charge in [0.1, 0.15) is 0 Å². The smallest absolute Gasteiger partial charge is 0.220 e. The Morgan fingerprint density at radius 3 is 2.54 bits per heavy atom. The Hall–Kier alpha value is -0.650. The fourth-order valence-electron chi connectivity index (χ4n) is 5.14. The van der Waals surface area contributed by atoms with Gasteiger partial charge in [0.15, 0.2) is 0 Å². The van der Waals surface area contributed by atoms with Gasteiger partial charge in [-0.2, -0.15) is 0 Å². The van der Waals surface area contributed by atoms with Gasteiger partial charge in [0, 0.05) is 44.7 Å². The molecule has 3 rings (SSSR count). The molecule has 1 amide bonds. The summed E-state index contributed by atoms with van der Waals surface area (Å²) in [5.41, 5.74) is 0. The number of hydrogen-bond acceptors (Lipinski definition) is 4. The molecule has 2 saturated heterocycles. The van der Waals surface area contributed by atoms with E-state index < -0.39 is 0 Å². The van der Waals surface area contributed by atoms with Crippen molar-refractivity contribution in [2.75, 3.05) is 45.9 Å². The maximum Gasteiger partial charge on any atom is 0.220 e. The van der Waals surface area contributed by atoms with Crippen LogP contribution >= 0.6 is 0 Å². The van der Waals surface area contributed by atoms with Gasteiger partial charge in [-0.1, -0.05) is 26.7 Å². The van der Waals surface area contributed by atoms with E-state index in [1.54, 1.807) is 0 Å². The van der Waals surface area contributed by atoms with Gasteiger partial charge in [-0.25, -0.2) is 0 Å². The third kappa shape index (κ3) is 5.93. The average molecular weight is 366 g/mol. The number of likely N-dealkylation sites (tertiary alicyclic amines) is 1. The molecule has 5 nitrogen and oxygen atoms in total. The molecule has 2 heterocycles. The number of ether oxygens (including phenoxy) is 1. The molecule has 0 aromatic rings. The van der Waals surface area contributed by atoms with E-state index in [2.05, 4.69) is 29.0 Å². The highest BCUT2D eigenvalue weighted by atomic mass is 16.5. The maximum atomic E-state index is 12.4. The number of morpholine rings is 1. The molecule has 3 fully saturated rings. The van der Waals surface area contributed by atoms with E-state index in [9.17, 15) is 4.79 Å². The number of carbonyl (C=O) groups is 1. The van der Waals surface area contributed by atoms with Crippen LogP contribution in [0.25, 0.3) is 0 Å². The van der Waals surface area contributed by atoms with Gasteiger partial charge in [0.05, 0.1) is 13.2 Å². The number of carbonyl (C=O) groups excluding carboxylic acids is 1. The normalized spacial score (nSPS) is 29.3. The average Bonchev–Trinajstić information content (AvgIpc) is 3.13. The Labute approximate surface area is 159 Å². The summed E-state index contributed by atoms with van der Waals surface area (Å²) in [5, 5.41) is 3.27. The second kappa shape index (κ2) is 10.0. The predicted octanol–water partition coefficient (Wildman–Crippen LogP) is 2.50. The lowest BCUT2D eigenvalue weighted by Crippen LogP contribution is -2.54. The quantitative estimate of drug-likeness (QED) is 0.753. The van der Waals surface area contributed by atoms with Gasteiger partial charge in [-0.05, 0) is 44.1 Å². The van der Waals surface area contributed by atoms with Crippen molar-refractivity contribution in [2.24, 2.45) is 11.8 Å². The minimum Gasteiger partial charge on any atom is -0.379 e. The summed E-state index contributed by atoms with van der Waals surface area (Å²) in [5.74, 6) is 1.59. The van der Waals surface area contributed by atoms with Crippen molar-refractivity contribution in [1.82, 2.24) is 15.1 Å². The first kappa shape index (κ1) is 20.1. The van der Waals surface area contributed by atoms with E-state index in [4.69, 9.17) is 4.74 Å². The van der Waals surface area contributed by atoms with E-state index >= 15 is 0 Å². The molecule has 0 bridgehead atoms. The first-order chi connectivity index (χ1) is 12.6. The molecule has 0 aromatic carbocycles. The van der Waals surface area contributed by atoms with Gasteiger partial charge in [0.2, 0.25) is 5.91 Å². The van der Waals surface area contributed by atoms with Crippen LogP contribution in [0, 0.1) is 11.8 Å². The van der Waals surface area contributed by atoms with Crippen molar-refractivity contribution in [1.29, 1.82) is 0 Å². The third-order valence-electron chi connectivity index (χ3n) is 6.38. The van der Waals surface area contributed by atoms with E-state index in [0.717, 1.165) is 39.3 Å². The number of amides is 1. The molecule has 1 N–H and O–H groups in total. The molecule has 26 heavy (non-hydrogen) atoms. The van der Waals surface area contributed by atoms with Gasteiger partial charge in [-0.15, -0.1) is 0 Å². The SMILES string of the molecule is CC(C)CN1CC[C@@H](N2CCOCC2)[C@@H](CCC(=O)NC2CCCC2)C1. The molecular formula is C21H39N3O2. The third-order valence-corrected chi connectivity index (χ3v) is 6.38. The van der Waals surface area contributed by atoms with Gasteiger partial charge < -0.3 is 15.0 Å². The zero-order valence-electron chi connectivity index (χ0n) is 16.9. The van der Waals surface area contributed by atoms with Crippen LogP contribution in [0.1, 0.15) is 58.8 Å². The Kier molecular flexibility index (Phi) is 7.77. The zero-order chi connectivity index (χ0) is 18.4. The van der Waals surface area contributed by atoms with E-state index in [0.29, 0.717) is 30.3 Å². The highest BCUT2D eigenvalue weighted by Crippen LogP contribution is 2.27. The molecule has 1 saturated carbocycles. The Morgan fingerprint density at radius 1 is 1.12 bits per heavy atom. The van der Waals surface area contributed by atoms with Crippen molar-refractivity contribution < 1.29 is 9.53 Å². The first-order valence-electron chi connectivity index (χ1n) is 11.0. The molecule has 3 aliphatic rings. The van der Waals surface area contributed by atoms with Gasteiger partial charge in [-0.3, -0.25) is 9.69 Å². The monoisotopic (exact) mass is 365 g/mol. The lowest BCUT2D eigenvalue weighted by Gasteiger charge is -2.45. The fourth-order valence-corrected chi connectivity index (χ4v) is 5.14. The molecule has 1 aliphatic carbocycles. The van der Waals surface area contributed by atoms with Crippen LogP contribution in [0.2, 0.25) is 0 Å². The summed E-state index contributed by atoms with van der Waals surface area (Å²) in [6, 6.07) is 1.07. The van der Waals surface area contributed by atoms with E-state index in [-0.39, 0.29) is 5.91 Å². The lowest BCUT2D eigenvalue weighted by molar-refractivity contribution is -0.122. The fraction of sp³-hybridized carbons (Fsp3) is 0.952. The first-order valence-corrected chi connectivity index (χ1v) is 11.0. The molecule has 0 unspecified atom stereocenters. The molecule has 2 aliphatic heterocycles. The van der Waals surface area contributed by atoms with E-state index in [1.807, 2.05) is 0 Å². The van der Waals surface area contributed by atoms with Crippen LogP contribution in [0.5, 0.6) is 0 Å². The zero-order valence-corrected chi connectivity index (χ0v) is 16.9. The highest BCUT2D eigenvalue weighted by Gasteiger charge is 2.34. The number of rotatable bonds is 7. The minimum atomic E-state index is 0.276. The van der Waals surface area contributed by atoms with Crippen LogP contribution < -0.4 is 5.32 Å². The van der Waals surface area contributed by atoms with Crippen LogP contribution in [-0.4, -0.2) is 73.7 Å². The Morgan fingerprint density at radius 2 is 1.85 bits per heavy atom. The topological polar surface area (TPSA) is 44.8 Å². The van der Waals surface area contributed by atoms with Crippen molar-refractivity contribution >= 4 is 5.91 Å². The molecule has 0 aromatic heterocycles. The standard InChI is InChI=1S/C21H39N3O2/c1-17(2)15-23-10-9-20(24-11-13-26-14-12-24)18(16-23)7-8-21(25)22-19-5-3-4-6-19/h17-20H,3-16H2,1-2H3,(H,22,25)/t18-,20+/m0/s1. The van der Waals surface area contributed by atoms with Crippen LogP contribution in [-0.2, 0) is 9.53 Å². The Balaban J connectivity index is 1.53. The second-order valence-corrected chi connectivity index (χ2v) is 9.01. The highest BCUT2D eigenvalue weighted by molar-refractivity contribution is 5.76. The minimum absolute atomic E-state index is 0.276. The molecule has 5 heteroatoms. The summed E-state index contributed by atoms with van der Waals surface area (Å²) in [7, 11) is 0. The van der Waals surface area contributed by atoms with Gasteiger partial charge >= 0.3 is 0 Å². The maximum absolute atomic E-state index is 12.4. The number of hydrogen-bond donors (Lipinski definition) is 1. The van der Waals surface area contributed by atoms with Crippen LogP contribution in [0.4, 0.5) is 0 Å². The summed E-state index contributed by atoms with van der Waals surface area (Å²) in [6.07, 6.45) is 7.85. The summed E-state index contributed by atoms with van der Waals surface area (Å²) in [4.78, 5) is 17.7. The predicted molar refractivity (Wildman–Crippen MR) is 105 cm³/mol. The van der Waals surface area contributed by atoms with Crippen molar-refractivity contribution in [3.8, 4) is 0 Å². The Bertz CT molecular complexity index is 431.